The fraction of sp³-hybridized carbons (Fsp3) is 0.286. The van der Waals surface area contributed by atoms with E-state index in [-0.39, 0.29) is 0 Å². The van der Waals surface area contributed by atoms with Gasteiger partial charge in [0.2, 0.25) is 0 Å². The lowest BCUT2D eigenvalue weighted by molar-refractivity contribution is 0.311. The number of rotatable bonds is 10. The Kier molecular flexibility index (Phi) is 7.66. The van der Waals surface area contributed by atoms with E-state index < -0.39 is 0 Å². The molecule has 5 nitrogen and oxygen atoms in total. The van der Waals surface area contributed by atoms with Crippen molar-refractivity contribution in [3.63, 3.8) is 0 Å². The zero-order valence-electron chi connectivity index (χ0n) is 19.8. The molecule has 4 rings (SSSR count). The fourth-order valence-electron chi connectivity index (χ4n) is 4.02. The van der Waals surface area contributed by atoms with Gasteiger partial charge in [0.25, 0.3) is 0 Å². The third-order valence-corrected chi connectivity index (χ3v) is 5.62. The van der Waals surface area contributed by atoms with Crippen LogP contribution in [0.4, 0.5) is 5.82 Å². The summed E-state index contributed by atoms with van der Waals surface area (Å²) in [5.74, 6) is 1.76. The van der Waals surface area contributed by atoms with E-state index in [2.05, 4.69) is 103 Å². The predicted molar refractivity (Wildman–Crippen MR) is 138 cm³/mol. The molecule has 170 valence electrons. The van der Waals surface area contributed by atoms with Gasteiger partial charge in [-0.1, -0.05) is 60.7 Å². The number of nitrogens with zero attached hydrogens (tertiary/aromatic N) is 4. The highest BCUT2D eigenvalue weighted by Gasteiger charge is 2.10. The predicted octanol–water partition coefficient (Wildman–Crippen LogP) is 5.29. The smallest absolute Gasteiger partial charge is 0.145 e. The van der Waals surface area contributed by atoms with Crippen molar-refractivity contribution in [2.45, 2.75) is 19.5 Å². The number of nitrogens with one attached hydrogen (secondary N) is 1. The summed E-state index contributed by atoms with van der Waals surface area (Å²) < 4.78 is 0. The maximum absolute atomic E-state index is 4.89. The molecule has 0 atom stereocenters. The molecule has 1 N–H and O–H groups in total. The van der Waals surface area contributed by atoms with Gasteiger partial charge in [-0.05, 0) is 69.0 Å². The maximum Gasteiger partial charge on any atom is 0.145 e. The number of hydrogen-bond donors (Lipinski definition) is 1. The van der Waals surface area contributed by atoms with E-state index in [1.54, 1.807) is 0 Å². The number of fused-ring (bicyclic) bond motifs is 1. The number of hydrogen-bond acceptors (Lipinski definition) is 5. The third kappa shape index (κ3) is 6.37. The summed E-state index contributed by atoms with van der Waals surface area (Å²) in [7, 11) is 6.32. The minimum Gasteiger partial charge on any atom is -0.369 e. The molecule has 0 saturated carbocycles. The van der Waals surface area contributed by atoms with Gasteiger partial charge in [-0.15, -0.1) is 0 Å². The van der Waals surface area contributed by atoms with Crippen LogP contribution in [-0.2, 0) is 13.1 Å². The first kappa shape index (κ1) is 22.9. The van der Waals surface area contributed by atoms with Gasteiger partial charge in [-0.2, -0.15) is 0 Å². The summed E-state index contributed by atoms with van der Waals surface area (Å²) in [5, 5.41) is 4.61. The Morgan fingerprint density at radius 3 is 2.33 bits per heavy atom. The molecule has 4 aromatic rings. The summed E-state index contributed by atoms with van der Waals surface area (Å²) in [6.45, 7) is 3.46. The number of para-hydroxylation sites is 1. The van der Waals surface area contributed by atoms with Crippen LogP contribution < -0.4 is 5.32 Å². The molecule has 0 saturated heterocycles. The van der Waals surface area contributed by atoms with E-state index in [0.717, 1.165) is 48.6 Å². The fourth-order valence-corrected chi connectivity index (χ4v) is 4.02. The Morgan fingerprint density at radius 1 is 0.758 bits per heavy atom. The average Bonchev–Trinajstić information content (AvgIpc) is 2.82. The number of aromatic nitrogens is 2. The molecule has 33 heavy (non-hydrogen) atoms. The van der Waals surface area contributed by atoms with Crippen LogP contribution in [0, 0.1) is 0 Å². The van der Waals surface area contributed by atoms with Crippen LogP contribution in [-0.4, -0.2) is 54.0 Å². The van der Waals surface area contributed by atoms with E-state index in [1.807, 2.05) is 12.1 Å². The summed E-state index contributed by atoms with van der Waals surface area (Å²) in [6.07, 6.45) is 1.07. The molecule has 0 aliphatic carbocycles. The highest BCUT2D eigenvalue weighted by atomic mass is 15.1. The Bertz CT molecular complexity index is 1170. The number of benzene rings is 3. The summed E-state index contributed by atoms with van der Waals surface area (Å²) in [4.78, 5) is 14.2. The number of anilines is 1. The largest absolute Gasteiger partial charge is 0.369 e. The van der Waals surface area contributed by atoms with Crippen molar-refractivity contribution in [3.8, 4) is 11.1 Å². The van der Waals surface area contributed by atoms with Crippen molar-refractivity contribution in [3.05, 3.63) is 90.3 Å². The van der Waals surface area contributed by atoms with Gasteiger partial charge < -0.3 is 10.2 Å². The average molecular weight is 440 g/mol. The lowest BCUT2D eigenvalue weighted by Crippen LogP contribution is -2.20. The standard InChI is InChI=1S/C28H33N5/c1-32(2)18-10-17-29-28-25-15-7-8-16-26(25)30-27(31-28)21-33(3)20-22-11-9-14-24(19-22)23-12-5-4-6-13-23/h4-9,11-16,19H,10,17-18,20-21H2,1-3H3,(H,29,30,31). The summed E-state index contributed by atoms with van der Waals surface area (Å²) in [6, 6.07) is 27.5. The van der Waals surface area contributed by atoms with Gasteiger partial charge in [0.1, 0.15) is 11.6 Å². The van der Waals surface area contributed by atoms with Crippen molar-refractivity contribution in [2.75, 3.05) is 39.5 Å². The lowest BCUT2D eigenvalue weighted by Gasteiger charge is -2.18. The SMILES string of the molecule is CN(C)CCCNc1nc(CN(C)Cc2cccc(-c3ccccc3)c2)nc2ccccc12. The van der Waals surface area contributed by atoms with Crippen molar-refractivity contribution in [2.24, 2.45) is 0 Å². The molecule has 1 heterocycles. The van der Waals surface area contributed by atoms with E-state index in [4.69, 9.17) is 9.97 Å². The highest BCUT2D eigenvalue weighted by Crippen LogP contribution is 2.22. The van der Waals surface area contributed by atoms with Gasteiger partial charge >= 0.3 is 0 Å². The Labute approximate surface area is 197 Å². The zero-order valence-corrected chi connectivity index (χ0v) is 19.8. The van der Waals surface area contributed by atoms with E-state index in [9.17, 15) is 0 Å². The second-order valence-electron chi connectivity index (χ2n) is 8.83. The molecular formula is C28H33N5. The van der Waals surface area contributed by atoms with Crippen molar-refractivity contribution in [1.29, 1.82) is 0 Å². The molecule has 5 heteroatoms. The van der Waals surface area contributed by atoms with Gasteiger partial charge in [0.05, 0.1) is 12.1 Å². The van der Waals surface area contributed by atoms with Crippen molar-refractivity contribution < 1.29 is 0 Å². The van der Waals surface area contributed by atoms with Gasteiger partial charge in [0.15, 0.2) is 0 Å². The Morgan fingerprint density at radius 2 is 1.52 bits per heavy atom. The Hall–Kier alpha value is -3.28. The molecule has 0 bridgehead atoms. The molecule has 0 radical (unpaired) electrons. The monoisotopic (exact) mass is 439 g/mol. The van der Waals surface area contributed by atoms with Crippen LogP contribution in [0.2, 0.25) is 0 Å². The van der Waals surface area contributed by atoms with Crippen LogP contribution in [0.1, 0.15) is 17.8 Å². The van der Waals surface area contributed by atoms with E-state index >= 15 is 0 Å². The van der Waals surface area contributed by atoms with Crippen LogP contribution in [0.3, 0.4) is 0 Å². The zero-order chi connectivity index (χ0) is 23.0. The van der Waals surface area contributed by atoms with Crippen LogP contribution in [0.25, 0.3) is 22.0 Å². The minimum absolute atomic E-state index is 0.687. The van der Waals surface area contributed by atoms with E-state index in [1.165, 1.54) is 16.7 Å². The second-order valence-corrected chi connectivity index (χ2v) is 8.83. The quantitative estimate of drug-likeness (QED) is 0.340. The summed E-state index contributed by atoms with van der Waals surface area (Å²) >= 11 is 0. The first-order valence-corrected chi connectivity index (χ1v) is 11.6. The molecule has 0 aliphatic rings. The minimum atomic E-state index is 0.687. The molecule has 0 amide bonds. The lowest BCUT2D eigenvalue weighted by atomic mass is 10.0. The molecule has 0 spiro atoms. The molecule has 1 aromatic heterocycles. The van der Waals surface area contributed by atoms with Crippen LogP contribution in [0.5, 0.6) is 0 Å². The molecule has 3 aromatic carbocycles. The molecule has 0 fully saturated rings. The van der Waals surface area contributed by atoms with Crippen molar-refractivity contribution >= 4 is 16.7 Å². The first-order chi connectivity index (χ1) is 16.1. The normalized spacial score (nSPS) is 11.4. The second kappa shape index (κ2) is 11.0. The van der Waals surface area contributed by atoms with Crippen molar-refractivity contribution in [1.82, 2.24) is 19.8 Å². The summed E-state index contributed by atoms with van der Waals surface area (Å²) in [5.41, 5.74) is 4.75. The van der Waals surface area contributed by atoms with Crippen LogP contribution in [0.15, 0.2) is 78.9 Å². The molecule has 0 unspecified atom stereocenters. The topological polar surface area (TPSA) is 44.3 Å². The third-order valence-electron chi connectivity index (χ3n) is 5.62. The van der Waals surface area contributed by atoms with Gasteiger partial charge in [-0.3, -0.25) is 4.90 Å². The molecular weight excluding hydrogens is 406 g/mol. The maximum atomic E-state index is 4.89. The first-order valence-electron chi connectivity index (χ1n) is 11.6. The van der Waals surface area contributed by atoms with Crippen LogP contribution >= 0.6 is 0 Å². The Balaban J connectivity index is 1.47. The van der Waals surface area contributed by atoms with E-state index in [0.29, 0.717) is 6.54 Å². The van der Waals surface area contributed by atoms with Gasteiger partial charge in [0, 0.05) is 18.5 Å². The highest BCUT2D eigenvalue weighted by molar-refractivity contribution is 5.88. The molecule has 0 aliphatic heterocycles. The van der Waals surface area contributed by atoms with Gasteiger partial charge in [-0.25, -0.2) is 9.97 Å².